The normalized spacial score (nSPS) is 26.2. The highest BCUT2D eigenvalue weighted by atomic mass is 32.2. The van der Waals surface area contributed by atoms with Crippen LogP contribution in [-0.4, -0.2) is 82.1 Å². The number of aliphatic carboxylic acids is 1. The molecule has 1 aromatic heterocycles. The Labute approximate surface area is 175 Å². The van der Waals surface area contributed by atoms with Crippen LogP contribution in [-0.2, 0) is 14.8 Å². The highest BCUT2D eigenvalue weighted by Crippen LogP contribution is 2.34. The van der Waals surface area contributed by atoms with E-state index in [1.54, 1.807) is 6.92 Å². The summed E-state index contributed by atoms with van der Waals surface area (Å²) < 4.78 is 24.8. The van der Waals surface area contributed by atoms with Crippen LogP contribution in [0.25, 0.3) is 0 Å². The maximum Gasteiger partial charge on any atom is 0.346 e. The van der Waals surface area contributed by atoms with Crippen molar-refractivity contribution < 1.29 is 23.4 Å². The van der Waals surface area contributed by atoms with Crippen LogP contribution in [0, 0.1) is 0 Å². The van der Waals surface area contributed by atoms with Crippen molar-refractivity contribution in [3.8, 4) is 0 Å². The molecule has 1 aliphatic heterocycles. The molecule has 1 saturated heterocycles. The predicted octanol–water partition coefficient (Wildman–Crippen LogP) is 0.815. The molecule has 0 amide bonds. The molecule has 1 aromatic rings. The van der Waals surface area contributed by atoms with Crippen molar-refractivity contribution in [2.45, 2.75) is 56.7 Å². The lowest BCUT2D eigenvalue weighted by Crippen LogP contribution is -2.42. The molecule has 3 rings (SSSR count). The summed E-state index contributed by atoms with van der Waals surface area (Å²) in [4.78, 5) is 23.5. The molecule has 30 heavy (non-hydrogen) atoms. The fourth-order valence-electron chi connectivity index (χ4n) is 3.83. The Morgan fingerprint density at radius 3 is 2.60 bits per heavy atom. The first-order chi connectivity index (χ1) is 14.0. The second-order valence-corrected chi connectivity index (χ2v) is 10.0. The Hall–Kier alpha value is -2.31. The van der Waals surface area contributed by atoms with Gasteiger partial charge in [-0.1, -0.05) is 0 Å². The zero-order valence-corrected chi connectivity index (χ0v) is 17.9. The van der Waals surface area contributed by atoms with E-state index in [4.69, 9.17) is 5.11 Å². The van der Waals surface area contributed by atoms with Crippen LogP contribution in [0.1, 0.15) is 39.0 Å². The molecule has 2 fully saturated rings. The van der Waals surface area contributed by atoms with Gasteiger partial charge in [0.15, 0.2) is 5.82 Å². The van der Waals surface area contributed by atoms with Crippen LogP contribution >= 0.6 is 0 Å². The van der Waals surface area contributed by atoms with Gasteiger partial charge in [-0.3, -0.25) is 0 Å². The second kappa shape index (κ2) is 8.82. The van der Waals surface area contributed by atoms with Gasteiger partial charge in [-0.15, -0.1) is 0 Å². The molecule has 1 aliphatic carbocycles. The van der Waals surface area contributed by atoms with E-state index in [2.05, 4.69) is 25.6 Å². The molecule has 1 saturated carbocycles. The van der Waals surface area contributed by atoms with Crippen LogP contribution in [0.4, 0.5) is 17.5 Å². The van der Waals surface area contributed by atoms with Crippen molar-refractivity contribution in [3.63, 3.8) is 0 Å². The van der Waals surface area contributed by atoms with Crippen molar-refractivity contribution in [1.29, 1.82) is 0 Å². The third kappa shape index (κ3) is 5.64. The highest BCUT2D eigenvalue weighted by Gasteiger charge is 2.37. The molecule has 0 radical (unpaired) electrons. The van der Waals surface area contributed by atoms with Gasteiger partial charge >= 0.3 is 5.97 Å². The third-order valence-corrected chi connectivity index (χ3v) is 6.88. The molecular formula is C18H28N6O5S. The number of carboxylic acids is 1. The van der Waals surface area contributed by atoms with Crippen molar-refractivity contribution in [2.75, 3.05) is 30.0 Å². The molecule has 12 heteroatoms. The van der Waals surface area contributed by atoms with Crippen LogP contribution in [0.5, 0.6) is 0 Å². The Kier molecular flexibility index (Phi) is 6.58. The van der Waals surface area contributed by atoms with Gasteiger partial charge in [0, 0.05) is 19.1 Å². The van der Waals surface area contributed by atoms with Crippen molar-refractivity contribution in [3.05, 3.63) is 6.20 Å². The number of carboxylic acid groups (broad SMARTS) is 1. The third-order valence-electron chi connectivity index (χ3n) is 5.58. The summed E-state index contributed by atoms with van der Waals surface area (Å²) in [6, 6.07) is -0.226. The van der Waals surface area contributed by atoms with E-state index in [0.29, 0.717) is 44.1 Å². The van der Waals surface area contributed by atoms with E-state index in [1.807, 2.05) is 0 Å². The first-order valence-corrected chi connectivity index (χ1v) is 11.7. The smallest absolute Gasteiger partial charge is 0.346 e. The topological polar surface area (TPSA) is 157 Å². The lowest BCUT2D eigenvalue weighted by molar-refractivity contribution is -0.128. The van der Waals surface area contributed by atoms with E-state index in [0.717, 1.165) is 19.1 Å². The Bertz CT molecular complexity index is 912. The molecule has 0 spiro atoms. The fraction of sp³-hybridized carbons (Fsp3) is 0.667. The van der Waals surface area contributed by atoms with Crippen LogP contribution in [0.3, 0.4) is 0 Å². The van der Waals surface area contributed by atoms with Crippen LogP contribution in [0.2, 0.25) is 0 Å². The minimum atomic E-state index is -3.20. The molecule has 0 aromatic carbocycles. The van der Waals surface area contributed by atoms with Gasteiger partial charge in [0.05, 0.1) is 24.1 Å². The minimum absolute atomic E-state index is 0.0128. The first-order valence-electron chi connectivity index (χ1n) is 9.89. The zero-order chi connectivity index (χ0) is 21.9. The standard InChI is InChI=1S/C18H28N6O5S/c1-18(27)7-3-4-14(18)22-16-13(19-11-15(25)26)10-20-17(23-16)21-12-5-8-24(9-6-12)30(2,28)29/h10-12,14,27H,3-9H2,1-2H3,(H,25,26)(H2,20,21,22,23)/b19-11+/t14-,18-/m1/s1. The SMILES string of the molecule is C[C@@]1(O)CCC[C@H]1Nc1nc(NC2CCN(S(C)(=O)=O)CC2)ncc1/N=C/C(=O)O. The summed E-state index contributed by atoms with van der Waals surface area (Å²) in [5.41, 5.74) is -0.636. The lowest BCUT2D eigenvalue weighted by Gasteiger charge is -2.31. The fourth-order valence-corrected chi connectivity index (χ4v) is 4.70. The Morgan fingerprint density at radius 1 is 1.33 bits per heavy atom. The molecular weight excluding hydrogens is 412 g/mol. The number of nitrogens with zero attached hydrogens (tertiary/aromatic N) is 4. The maximum atomic E-state index is 11.7. The summed E-state index contributed by atoms with van der Waals surface area (Å²) in [7, 11) is -3.20. The van der Waals surface area contributed by atoms with Gasteiger partial charge in [-0.25, -0.2) is 27.5 Å². The van der Waals surface area contributed by atoms with Gasteiger partial charge in [0.25, 0.3) is 0 Å². The Balaban J connectivity index is 1.75. The Morgan fingerprint density at radius 2 is 2.03 bits per heavy atom. The monoisotopic (exact) mass is 440 g/mol. The van der Waals surface area contributed by atoms with Crippen molar-refractivity contribution in [2.24, 2.45) is 4.99 Å². The number of aromatic nitrogens is 2. The van der Waals surface area contributed by atoms with Crippen molar-refractivity contribution >= 4 is 39.7 Å². The second-order valence-electron chi connectivity index (χ2n) is 8.05. The number of carbonyl (C=O) groups is 1. The number of hydrogen-bond acceptors (Lipinski definition) is 9. The number of nitrogens with one attached hydrogen (secondary N) is 2. The van der Waals surface area contributed by atoms with E-state index < -0.39 is 21.6 Å². The summed E-state index contributed by atoms with van der Waals surface area (Å²) in [5, 5.41) is 25.8. The first kappa shape index (κ1) is 22.4. The number of sulfonamides is 1. The van der Waals surface area contributed by atoms with Gasteiger partial charge in [0.1, 0.15) is 11.9 Å². The molecule has 11 nitrogen and oxygen atoms in total. The van der Waals surface area contributed by atoms with E-state index in [9.17, 15) is 18.3 Å². The number of hydrogen-bond donors (Lipinski definition) is 4. The molecule has 2 heterocycles. The van der Waals surface area contributed by atoms with Gasteiger partial charge in [-0.05, 0) is 39.0 Å². The largest absolute Gasteiger partial charge is 0.477 e. The number of anilines is 2. The molecule has 166 valence electrons. The average Bonchev–Trinajstić information content (AvgIpc) is 2.99. The number of rotatable bonds is 7. The van der Waals surface area contributed by atoms with Crippen LogP contribution < -0.4 is 10.6 Å². The molecule has 2 aliphatic rings. The van der Waals surface area contributed by atoms with E-state index in [1.165, 1.54) is 16.8 Å². The summed E-state index contributed by atoms with van der Waals surface area (Å²) in [6.07, 6.45) is 6.92. The molecule has 0 bridgehead atoms. The molecule has 2 atom stereocenters. The van der Waals surface area contributed by atoms with Gasteiger partial charge in [-0.2, -0.15) is 4.98 Å². The molecule has 4 N–H and O–H groups in total. The van der Waals surface area contributed by atoms with Crippen LogP contribution in [0.15, 0.2) is 11.2 Å². The lowest BCUT2D eigenvalue weighted by atomic mass is 10.0. The quantitative estimate of drug-likeness (QED) is 0.450. The summed E-state index contributed by atoms with van der Waals surface area (Å²) in [5.74, 6) is -0.512. The predicted molar refractivity (Wildman–Crippen MR) is 113 cm³/mol. The number of aliphatic hydroxyl groups is 1. The van der Waals surface area contributed by atoms with Gasteiger partial charge in [0.2, 0.25) is 16.0 Å². The number of piperidine rings is 1. The minimum Gasteiger partial charge on any atom is -0.477 e. The van der Waals surface area contributed by atoms with E-state index in [-0.39, 0.29) is 17.8 Å². The van der Waals surface area contributed by atoms with Gasteiger partial charge < -0.3 is 20.8 Å². The van der Waals surface area contributed by atoms with Crippen molar-refractivity contribution in [1.82, 2.24) is 14.3 Å². The highest BCUT2D eigenvalue weighted by molar-refractivity contribution is 7.88. The summed E-state index contributed by atoms with van der Waals surface area (Å²) in [6.45, 7) is 2.61. The average molecular weight is 441 g/mol. The zero-order valence-electron chi connectivity index (χ0n) is 17.1. The maximum absolute atomic E-state index is 11.7. The van der Waals surface area contributed by atoms with E-state index >= 15 is 0 Å². The number of aliphatic imine (C=N–C) groups is 1. The molecule has 0 unspecified atom stereocenters. The summed E-state index contributed by atoms with van der Waals surface area (Å²) >= 11 is 0.